The second-order valence-electron chi connectivity index (χ2n) is 10.1. The van der Waals surface area contributed by atoms with Gasteiger partial charge in [0.25, 0.3) is 0 Å². The van der Waals surface area contributed by atoms with Gasteiger partial charge in [-0.3, -0.25) is 0 Å². The zero-order chi connectivity index (χ0) is 21.0. The Bertz CT molecular complexity index is 406. The third kappa shape index (κ3) is 8.23. The van der Waals surface area contributed by atoms with Crippen LogP contribution in [0.4, 0.5) is 0 Å². The molecule has 166 valence electrons. The van der Waals surface area contributed by atoms with E-state index in [4.69, 9.17) is 4.74 Å². The molecule has 1 rings (SSSR count). The SMILES string of the molecule is C/C=[C](\OC[C@H]1C[C@@H](C)CC[C@@H]1C(C)C)[Sn]([CH2]CCC)([CH2]CCC)[CH2]CCC. The Labute approximate surface area is 182 Å². The van der Waals surface area contributed by atoms with E-state index >= 15 is 0 Å². The van der Waals surface area contributed by atoms with Crippen molar-refractivity contribution < 1.29 is 4.74 Å². The van der Waals surface area contributed by atoms with Gasteiger partial charge in [-0.2, -0.15) is 0 Å². The molecule has 1 aliphatic rings. The molecule has 3 atom stereocenters. The van der Waals surface area contributed by atoms with Gasteiger partial charge in [0.1, 0.15) is 0 Å². The van der Waals surface area contributed by atoms with Crippen LogP contribution in [-0.4, -0.2) is 25.0 Å². The van der Waals surface area contributed by atoms with Crippen LogP contribution in [0.5, 0.6) is 0 Å². The Morgan fingerprint density at radius 3 is 1.93 bits per heavy atom. The molecule has 0 aliphatic heterocycles. The number of hydrogen-bond donors (Lipinski definition) is 0. The Morgan fingerprint density at radius 2 is 1.50 bits per heavy atom. The fourth-order valence-electron chi connectivity index (χ4n) is 5.62. The monoisotopic (exact) mass is 500 g/mol. The van der Waals surface area contributed by atoms with Gasteiger partial charge < -0.3 is 0 Å². The first-order valence-corrected chi connectivity index (χ1v) is 20.2. The van der Waals surface area contributed by atoms with E-state index in [1.165, 1.54) is 71.1 Å². The molecule has 0 unspecified atom stereocenters. The van der Waals surface area contributed by atoms with E-state index in [2.05, 4.69) is 54.5 Å². The molecular weight excluding hydrogens is 447 g/mol. The Morgan fingerprint density at radius 1 is 0.964 bits per heavy atom. The molecule has 28 heavy (non-hydrogen) atoms. The van der Waals surface area contributed by atoms with Gasteiger partial charge in [0, 0.05) is 0 Å². The third-order valence-electron chi connectivity index (χ3n) is 7.42. The minimum atomic E-state index is -2.41. The molecule has 1 fully saturated rings. The molecular formula is C26H52OSn. The Kier molecular flexibility index (Phi) is 13.5. The van der Waals surface area contributed by atoms with E-state index in [1.807, 2.05) is 0 Å². The van der Waals surface area contributed by atoms with Crippen molar-refractivity contribution in [2.45, 2.75) is 120 Å². The van der Waals surface area contributed by atoms with Crippen LogP contribution in [-0.2, 0) is 4.74 Å². The van der Waals surface area contributed by atoms with Crippen molar-refractivity contribution in [1.29, 1.82) is 0 Å². The maximum absolute atomic E-state index is 6.87. The van der Waals surface area contributed by atoms with Gasteiger partial charge in [0.2, 0.25) is 0 Å². The predicted molar refractivity (Wildman–Crippen MR) is 129 cm³/mol. The zero-order valence-electron chi connectivity index (χ0n) is 20.5. The van der Waals surface area contributed by atoms with Gasteiger partial charge in [-0.15, -0.1) is 0 Å². The fourth-order valence-corrected chi connectivity index (χ4v) is 21.6. The molecule has 0 saturated heterocycles. The molecule has 0 amide bonds. The number of hydrogen-bond acceptors (Lipinski definition) is 1. The molecule has 0 spiro atoms. The van der Waals surface area contributed by atoms with Crippen LogP contribution in [0.25, 0.3) is 0 Å². The first-order chi connectivity index (χ1) is 13.4. The predicted octanol–water partition coefficient (Wildman–Crippen LogP) is 9.00. The first-order valence-electron chi connectivity index (χ1n) is 12.7. The molecule has 1 saturated carbocycles. The molecule has 0 heterocycles. The molecule has 0 aromatic carbocycles. The van der Waals surface area contributed by atoms with E-state index in [9.17, 15) is 0 Å². The minimum absolute atomic E-state index is 0.770. The van der Waals surface area contributed by atoms with Crippen LogP contribution in [0.3, 0.4) is 0 Å². The van der Waals surface area contributed by atoms with Gasteiger partial charge in [-0.1, -0.05) is 0 Å². The summed E-state index contributed by atoms with van der Waals surface area (Å²) in [6, 6.07) is 0. The fraction of sp³-hybridized carbons (Fsp3) is 0.923. The Hall–Kier alpha value is 0.339. The maximum atomic E-state index is 6.87. The van der Waals surface area contributed by atoms with Gasteiger partial charge in [-0.05, 0) is 0 Å². The summed E-state index contributed by atoms with van der Waals surface area (Å²) in [5, 5.41) is 0. The van der Waals surface area contributed by atoms with Crippen LogP contribution >= 0.6 is 0 Å². The number of ether oxygens (including phenoxy) is 1. The second-order valence-corrected chi connectivity index (χ2v) is 23.1. The Balaban J connectivity index is 2.94. The third-order valence-corrected chi connectivity index (χ3v) is 22.9. The average molecular weight is 499 g/mol. The summed E-state index contributed by atoms with van der Waals surface area (Å²) in [5.74, 6) is 3.31. The van der Waals surface area contributed by atoms with Crippen molar-refractivity contribution in [3.63, 3.8) is 0 Å². The summed E-state index contributed by atoms with van der Waals surface area (Å²) in [4.78, 5) is 0. The van der Waals surface area contributed by atoms with Gasteiger partial charge >= 0.3 is 183 Å². The van der Waals surface area contributed by atoms with Crippen LogP contribution in [0.2, 0.25) is 13.3 Å². The van der Waals surface area contributed by atoms with Gasteiger partial charge in [-0.25, -0.2) is 0 Å². The van der Waals surface area contributed by atoms with Crippen molar-refractivity contribution >= 4 is 18.4 Å². The first kappa shape index (κ1) is 26.4. The van der Waals surface area contributed by atoms with Crippen molar-refractivity contribution in [2.24, 2.45) is 23.7 Å². The van der Waals surface area contributed by atoms with E-state index in [1.54, 1.807) is 3.78 Å². The molecule has 1 aliphatic carbocycles. The quantitative estimate of drug-likeness (QED) is 0.171. The number of unbranched alkanes of at least 4 members (excludes halogenated alkanes) is 3. The standard InChI is InChI=1S/C14H25O.3C4H9.Sn/c1-5-8-15-10-13-9-12(4)6-7-14(13)11(2)3;3*1-3-4-2;/h5,11-14H,6-7,9-10H2,1-4H3;3*1,3-4H2,2H3;/t12-,13+,14+;;;;/m0..../s1. The molecule has 0 aromatic heterocycles. The van der Waals surface area contributed by atoms with Crippen LogP contribution < -0.4 is 0 Å². The van der Waals surface area contributed by atoms with Crippen molar-refractivity contribution in [1.82, 2.24) is 0 Å². The van der Waals surface area contributed by atoms with Crippen LogP contribution in [0.15, 0.2) is 9.85 Å². The molecule has 0 radical (unpaired) electrons. The topological polar surface area (TPSA) is 9.23 Å². The van der Waals surface area contributed by atoms with Gasteiger partial charge in [0.05, 0.1) is 0 Å². The number of rotatable bonds is 14. The zero-order valence-corrected chi connectivity index (χ0v) is 23.3. The molecule has 0 N–H and O–H groups in total. The molecule has 1 nitrogen and oxygen atoms in total. The second kappa shape index (κ2) is 14.4. The number of allylic oxidation sites excluding steroid dienone is 1. The summed E-state index contributed by atoms with van der Waals surface area (Å²) in [6.45, 7) is 17.7. The van der Waals surface area contributed by atoms with E-state index in [0.29, 0.717) is 0 Å². The van der Waals surface area contributed by atoms with Crippen molar-refractivity contribution in [3.8, 4) is 0 Å². The summed E-state index contributed by atoms with van der Waals surface area (Å²) in [7, 11) is 0. The summed E-state index contributed by atoms with van der Waals surface area (Å²) in [6.07, 6.45) is 14.9. The van der Waals surface area contributed by atoms with Gasteiger partial charge in [0.15, 0.2) is 0 Å². The summed E-state index contributed by atoms with van der Waals surface area (Å²) >= 11 is -2.41. The summed E-state index contributed by atoms with van der Waals surface area (Å²) in [5.41, 5.74) is 0. The molecule has 2 heteroatoms. The van der Waals surface area contributed by atoms with Crippen LogP contribution in [0, 0.1) is 23.7 Å². The molecule has 0 bridgehead atoms. The van der Waals surface area contributed by atoms with E-state index < -0.39 is 18.4 Å². The van der Waals surface area contributed by atoms with E-state index in [-0.39, 0.29) is 0 Å². The normalized spacial score (nSPS) is 24.0. The average Bonchev–Trinajstić information content (AvgIpc) is 2.68. The van der Waals surface area contributed by atoms with Crippen LogP contribution in [0.1, 0.15) is 106 Å². The summed E-state index contributed by atoms with van der Waals surface area (Å²) < 4.78 is 13.0. The van der Waals surface area contributed by atoms with Crippen molar-refractivity contribution in [3.05, 3.63) is 9.85 Å². The van der Waals surface area contributed by atoms with E-state index in [0.717, 1.165) is 30.3 Å². The molecule has 0 aromatic rings. The van der Waals surface area contributed by atoms with Crippen molar-refractivity contribution in [2.75, 3.05) is 6.61 Å².